The first-order valence-corrected chi connectivity index (χ1v) is 9.09. The van der Waals surface area contributed by atoms with E-state index in [1.807, 2.05) is 0 Å². The summed E-state index contributed by atoms with van der Waals surface area (Å²) in [4.78, 5) is 0.115. The number of anilines is 1. The summed E-state index contributed by atoms with van der Waals surface area (Å²) >= 11 is 0. The van der Waals surface area contributed by atoms with E-state index < -0.39 is 10.0 Å². The molecule has 0 bridgehead atoms. The largest absolute Gasteiger partial charge is 0.493 e. The minimum Gasteiger partial charge on any atom is -0.493 e. The van der Waals surface area contributed by atoms with Crippen LogP contribution in [0.15, 0.2) is 41.3 Å². The number of sulfonamides is 1. The third-order valence-electron chi connectivity index (χ3n) is 3.87. The van der Waals surface area contributed by atoms with E-state index in [1.54, 1.807) is 31.2 Å². The number of fused-ring (bicyclic) bond motifs is 1. The number of nitrogens with zero attached hydrogens (tertiary/aromatic N) is 1. The van der Waals surface area contributed by atoms with E-state index in [0.717, 1.165) is 0 Å². The first-order chi connectivity index (χ1) is 12.0. The molecule has 1 aliphatic heterocycles. The maximum absolute atomic E-state index is 13.1. The van der Waals surface area contributed by atoms with Crippen molar-refractivity contribution in [1.29, 1.82) is 0 Å². The Labute approximate surface area is 146 Å². The predicted octanol–water partition coefficient (Wildman–Crippen LogP) is 2.65. The molecule has 0 atom stereocenters. The summed E-state index contributed by atoms with van der Waals surface area (Å²) in [6, 6.07) is 9.55. The van der Waals surface area contributed by atoms with Gasteiger partial charge in [0.25, 0.3) is 10.0 Å². The van der Waals surface area contributed by atoms with E-state index in [2.05, 4.69) is 0 Å². The molecule has 0 fully saturated rings. The lowest BCUT2D eigenvalue weighted by Crippen LogP contribution is -2.30. The topological polar surface area (TPSA) is 74.3 Å². The molecule has 0 radical (unpaired) electrons. The van der Waals surface area contributed by atoms with Crippen LogP contribution in [0.25, 0.3) is 0 Å². The van der Waals surface area contributed by atoms with Crippen molar-refractivity contribution in [2.75, 3.05) is 31.9 Å². The van der Waals surface area contributed by atoms with Gasteiger partial charge in [0.1, 0.15) is 0 Å². The summed E-state index contributed by atoms with van der Waals surface area (Å²) < 4.78 is 48.5. The number of rotatable bonds is 6. The van der Waals surface area contributed by atoms with Gasteiger partial charge in [0.2, 0.25) is 6.79 Å². The Kier molecular flexibility index (Phi) is 4.63. The van der Waals surface area contributed by atoms with Gasteiger partial charge in [0, 0.05) is 18.7 Å². The lowest BCUT2D eigenvalue weighted by atomic mass is 10.3. The number of methoxy groups -OCH3 is 2. The number of hydrogen-bond donors (Lipinski definition) is 0. The van der Waals surface area contributed by atoms with Crippen LogP contribution in [0.4, 0.5) is 5.69 Å². The van der Waals surface area contributed by atoms with Crippen molar-refractivity contribution in [2.45, 2.75) is 11.8 Å². The fraction of sp³-hybridized carbons (Fsp3) is 0.294. The van der Waals surface area contributed by atoms with Crippen LogP contribution in [-0.2, 0) is 10.0 Å². The molecule has 0 aliphatic carbocycles. The van der Waals surface area contributed by atoms with Crippen LogP contribution < -0.4 is 23.3 Å². The third kappa shape index (κ3) is 3.05. The Morgan fingerprint density at radius 3 is 2.40 bits per heavy atom. The SMILES string of the molecule is CCN(c1ccc2c(c1)OCO2)S(=O)(=O)c1ccc(OC)c(OC)c1. The van der Waals surface area contributed by atoms with Gasteiger partial charge < -0.3 is 18.9 Å². The van der Waals surface area contributed by atoms with E-state index in [4.69, 9.17) is 18.9 Å². The molecule has 25 heavy (non-hydrogen) atoms. The van der Waals surface area contributed by atoms with Crippen molar-refractivity contribution in [2.24, 2.45) is 0 Å². The van der Waals surface area contributed by atoms with E-state index in [1.165, 1.54) is 30.7 Å². The van der Waals surface area contributed by atoms with Gasteiger partial charge in [-0.25, -0.2) is 8.42 Å². The van der Waals surface area contributed by atoms with Gasteiger partial charge in [-0.2, -0.15) is 0 Å². The fourth-order valence-electron chi connectivity index (χ4n) is 2.64. The third-order valence-corrected chi connectivity index (χ3v) is 5.77. The zero-order valence-electron chi connectivity index (χ0n) is 14.2. The average molecular weight is 365 g/mol. The maximum Gasteiger partial charge on any atom is 0.264 e. The highest BCUT2D eigenvalue weighted by molar-refractivity contribution is 7.92. The van der Waals surface area contributed by atoms with Crippen LogP contribution in [0.1, 0.15) is 6.92 Å². The molecule has 0 saturated heterocycles. The molecule has 2 aromatic carbocycles. The second-order valence-corrected chi connectivity index (χ2v) is 7.09. The molecule has 2 aromatic rings. The summed E-state index contributed by atoms with van der Waals surface area (Å²) in [5.41, 5.74) is 0.501. The molecule has 3 rings (SSSR count). The van der Waals surface area contributed by atoms with Gasteiger partial charge in [-0.15, -0.1) is 0 Å². The van der Waals surface area contributed by atoms with E-state index in [0.29, 0.717) is 28.7 Å². The monoisotopic (exact) mass is 365 g/mol. The van der Waals surface area contributed by atoms with E-state index in [-0.39, 0.29) is 18.2 Å². The predicted molar refractivity (Wildman–Crippen MR) is 92.3 cm³/mol. The Morgan fingerprint density at radius 2 is 1.72 bits per heavy atom. The summed E-state index contributed by atoms with van der Waals surface area (Å²) in [7, 11) is -0.819. The van der Waals surface area contributed by atoms with Crippen molar-refractivity contribution in [1.82, 2.24) is 0 Å². The number of ether oxygens (including phenoxy) is 4. The molecule has 1 aliphatic rings. The van der Waals surface area contributed by atoms with E-state index >= 15 is 0 Å². The van der Waals surface area contributed by atoms with Crippen LogP contribution in [0.5, 0.6) is 23.0 Å². The zero-order chi connectivity index (χ0) is 18.0. The smallest absolute Gasteiger partial charge is 0.264 e. The normalized spacial score (nSPS) is 12.8. The van der Waals surface area contributed by atoms with E-state index in [9.17, 15) is 8.42 Å². The summed E-state index contributed by atoms with van der Waals surface area (Å²) in [6.45, 7) is 2.16. The Hall–Kier alpha value is -2.61. The number of benzene rings is 2. The molecule has 0 unspecified atom stereocenters. The first-order valence-electron chi connectivity index (χ1n) is 7.65. The Bertz CT molecular complexity index is 881. The summed E-state index contributed by atoms with van der Waals surface area (Å²) in [6.07, 6.45) is 0. The van der Waals surface area contributed by atoms with Gasteiger partial charge in [-0.1, -0.05) is 0 Å². The second kappa shape index (κ2) is 6.72. The van der Waals surface area contributed by atoms with Gasteiger partial charge in [-0.3, -0.25) is 4.31 Å². The van der Waals surface area contributed by atoms with Crippen molar-refractivity contribution < 1.29 is 27.4 Å². The molecule has 0 spiro atoms. The highest BCUT2D eigenvalue weighted by atomic mass is 32.2. The molecule has 0 saturated carbocycles. The lowest BCUT2D eigenvalue weighted by Gasteiger charge is -2.23. The molecule has 134 valence electrons. The lowest BCUT2D eigenvalue weighted by molar-refractivity contribution is 0.174. The van der Waals surface area contributed by atoms with Crippen molar-refractivity contribution in [3.05, 3.63) is 36.4 Å². The first kappa shape index (κ1) is 17.2. The molecule has 0 N–H and O–H groups in total. The fourth-order valence-corrected chi connectivity index (χ4v) is 4.12. The quantitative estimate of drug-likeness (QED) is 0.783. The standard InChI is InChI=1S/C17H19NO6S/c1-4-18(12-5-7-15-17(9-12)24-11-23-15)25(19,20)13-6-8-14(21-2)16(10-13)22-3/h5-10H,4,11H2,1-3H3. The van der Waals surface area contributed by atoms with Crippen LogP contribution in [0.2, 0.25) is 0 Å². The van der Waals surface area contributed by atoms with Crippen molar-refractivity contribution in [3.8, 4) is 23.0 Å². The van der Waals surface area contributed by atoms with Crippen LogP contribution in [0.3, 0.4) is 0 Å². The van der Waals surface area contributed by atoms with Crippen LogP contribution in [0, 0.1) is 0 Å². The van der Waals surface area contributed by atoms with Gasteiger partial charge in [0.05, 0.1) is 24.8 Å². The highest BCUT2D eigenvalue weighted by Gasteiger charge is 2.26. The Morgan fingerprint density at radius 1 is 1.00 bits per heavy atom. The van der Waals surface area contributed by atoms with Gasteiger partial charge in [0.15, 0.2) is 23.0 Å². The molecule has 1 heterocycles. The minimum atomic E-state index is -3.78. The van der Waals surface area contributed by atoms with Crippen LogP contribution >= 0.6 is 0 Å². The van der Waals surface area contributed by atoms with Crippen molar-refractivity contribution in [3.63, 3.8) is 0 Å². The van der Waals surface area contributed by atoms with Gasteiger partial charge in [-0.05, 0) is 31.2 Å². The molecular weight excluding hydrogens is 346 g/mol. The molecule has 0 aromatic heterocycles. The number of hydrogen-bond acceptors (Lipinski definition) is 6. The molecule has 8 heteroatoms. The second-order valence-electron chi connectivity index (χ2n) is 5.22. The molecule has 0 amide bonds. The van der Waals surface area contributed by atoms with Crippen LogP contribution in [-0.4, -0.2) is 36.0 Å². The molecule has 7 nitrogen and oxygen atoms in total. The summed E-state index contributed by atoms with van der Waals surface area (Å²) in [5, 5.41) is 0. The Balaban J connectivity index is 2.02. The summed E-state index contributed by atoms with van der Waals surface area (Å²) in [5.74, 6) is 1.94. The maximum atomic E-state index is 13.1. The van der Waals surface area contributed by atoms with Crippen molar-refractivity contribution >= 4 is 15.7 Å². The average Bonchev–Trinajstić information content (AvgIpc) is 3.09. The van der Waals surface area contributed by atoms with Gasteiger partial charge >= 0.3 is 0 Å². The minimum absolute atomic E-state index is 0.115. The zero-order valence-corrected chi connectivity index (χ0v) is 15.0. The molecular formula is C17H19NO6S. The highest BCUT2D eigenvalue weighted by Crippen LogP contribution is 2.37.